The van der Waals surface area contributed by atoms with Crippen molar-refractivity contribution in [2.75, 3.05) is 32.8 Å². The van der Waals surface area contributed by atoms with E-state index in [9.17, 15) is 4.79 Å². The Morgan fingerprint density at radius 1 is 1.65 bits per heavy atom. The lowest BCUT2D eigenvalue weighted by atomic mass is 10.2. The van der Waals surface area contributed by atoms with E-state index in [1.165, 1.54) is 6.20 Å². The predicted molar refractivity (Wildman–Crippen MR) is 62.8 cm³/mol. The SMILES string of the molecule is CC(CN1CCOCC1)NC(=O)c1cn[nH]c1. The second-order valence-electron chi connectivity index (χ2n) is 4.27. The number of nitrogens with one attached hydrogen (secondary N) is 2. The van der Waals surface area contributed by atoms with Crippen LogP contribution in [-0.4, -0.2) is 59.9 Å². The smallest absolute Gasteiger partial charge is 0.254 e. The zero-order valence-corrected chi connectivity index (χ0v) is 9.98. The third kappa shape index (κ3) is 3.54. The summed E-state index contributed by atoms with van der Waals surface area (Å²) in [6, 6.07) is 0.121. The van der Waals surface area contributed by atoms with Gasteiger partial charge in [-0.25, -0.2) is 0 Å². The van der Waals surface area contributed by atoms with Crippen molar-refractivity contribution in [3.05, 3.63) is 18.0 Å². The molecule has 17 heavy (non-hydrogen) atoms. The van der Waals surface area contributed by atoms with E-state index < -0.39 is 0 Å². The Morgan fingerprint density at radius 3 is 3.06 bits per heavy atom. The van der Waals surface area contributed by atoms with Crippen LogP contribution in [-0.2, 0) is 4.74 Å². The van der Waals surface area contributed by atoms with Gasteiger partial charge in [0.05, 0.1) is 25.0 Å². The molecule has 1 fully saturated rings. The molecule has 2 heterocycles. The maximum atomic E-state index is 11.7. The predicted octanol–water partition coefficient (Wildman–Crippen LogP) is -0.140. The Kier molecular flexibility index (Phi) is 4.11. The van der Waals surface area contributed by atoms with Crippen LogP contribution in [0.25, 0.3) is 0 Å². The first-order valence-electron chi connectivity index (χ1n) is 5.85. The van der Waals surface area contributed by atoms with E-state index in [0.29, 0.717) is 5.56 Å². The molecule has 6 nitrogen and oxygen atoms in total. The van der Waals surface area contributed by atoms with Gasteiger partial charge in [0.25, 0.3) is 5.91 Å². The number of hydrogen-bond donors (Lipinski definition) is 2. The number of rotatable bonds is 4. The van der Waals surface area contributed by atoms with E-state index in [-0.39, 0.29) is 11.9 Å². The number of aromatic amines is 1. The van der Waals surface area contributed by atoms with Crippen molar-refractivity contribution in [2.24, 2.45) is 0 Å². The third-order valence-corrected chi connectivity index (χ3v) is 2.77. The summed E-state index contributed by atoms with van der Waals surface area (Å²) in [5.41, 5.74) is 0.568. The van der Waals surface area contributed by atoms with Crippen molar-refractivity contribution in [1.29, 1.82) is 0 Å². The molecule has 0 bridgehead atoms. The molecule has 1 atom stereocenters. The second-order valence-corrected chi connectivity index (χ2v) is 4.27. The lowest BCUT2D eigenvalue weighted by Crippen LogP contribution is -2.45. The number of hydrogen-bond acceptors (Lipinski definition) is 4. The summed E-state index contributed by atoms with van der Waals surface area (Å²) in [6.07, 6.45) is 3.12. The van der Waals surface area contributed by atoms with Gasteiger partial charge in [-0.15, -0.1) is 0 Å². The van der Waals surface area contributed by atoms with Gasteiger partial charge in [0.2, 0.25) is 0 Å². The summed E-state index contributed by atoms with van der Waals surface area (Å²) in [7, 11) is 0. The van der Waals surface area contributed by atoms with Crippen molar-refractivity contribution >= 4 is 5.91 Å². The molecule has 1 aromatic rings. The molecule has 6 heteroatoms. The quantitative estimate of drug-likeness (QED) is 0.766. The third-order valence-electron chi connectivity index (χ3n) is 2.77. The van der Waals surface area contributed by atoms with Crippen LogP contribution >= 0.6 is 0 Å². The highest BCUT2D eigenvalue weighted by Crippen LogP contribution is 2.00. The van der Waals surface area contributed by atoms with Gasteiger partial charge in [-0.2, -0.15) is 5.10 Å². The van der Waals surface area contributed by atoms with E-state index in [2.05, 4.69) is 20.4 Å². The number of carbonyl (C=O) groups excluding carboxylic acids is 1. The molecule has 1 unspecified atom stereocenters. The van der Waals surface area contributed by atoms with E-state index in [4.69, 9.17) is 4.74 Å². The number of amides is 1. The fourth-order valence-electron chi connectivity index (χ4n) is 1.90. The fourth-order valence-corrected chi connectivity index (χ4v) is 1.90. The first kappa shape index (κ1) is 12.1. The van der Waals surface area contributed by atoms with Gasteiger partial charge in [0.15, 0.2) is 0 Å². The molecular formula is C11H18N4O2. The zero-order chi connectivity index (χ0) is 12.1. The maximum Gasteiger partial charge on any atom is 0.254 e. The lowest BCUT2D eigenvalue weighted by molar-refractivity contribution is 0.0342. The summed E-state index contributed by atoms with van der Waals surface area (Å²) in [4.78, 5) is 14.0. The zero-order valence-electron chi connectivity index (χ0n) is 9.98. The standard InChI is InChI=1S/C11H18N4O2/c1-9(8-15-2-4-17-5-3-15)14-11(16)10-6-12-13-7-10/h6-7,9H,2-5,8H2,1H3,(H,12,13)(H,14,16). The second kappa shape index (κ2) is 5.79. The monoisotopic (exact) mass is 238 g/mol. The number of morpholine rings is 1. The van der Waals surface area contributed by atoms with Crippen molar-refractivity contribution in [1.82, 2.24) is 20.4 Å². The number of carbonyl (C=O) groups is 1. The molecular weight excluding hydrogens is 220 g/mol. The molecule has 1 aromatic heterocycles. The first-order valence-corrected chi connectivity index (χ1v) is 5.85. The molecule has 2 N–H and O–H groups in total. The molecule has 1 aliphatic heterocycles. The summed E-state index contributed by atoms with van der Waals surface area (Å²) in [6.45, 7) is 6.29. The molecule has 0 aliphatic carbocycles. The normalized spacial score (nSPS) is 18.9. The van der Waals surface area contributed by atoms with Crippen LogP contribution in [0.2, 0.25) is 0 Å². The minimum Gasteiger partial charge on any atom is -0.379 e. The first-order chi connectivity index (χ1) is 8.25. The van der Waals surface area contributed by atoms with Crippen molar-refractivity contribution in [3.8, 4) is 0 Å². The van der Waals surface area contributed by atoms with Gasteiger partial charge in [-0.1, -0.05) is 0 Å². The topological polar surface area (TPSA) is 70.2 Å². The van der Waals surface area contributed by atoms with Crippen molar-refractivity contribution in [3.63, 3.8) is 0 Å². The number of aromatic nitrogens is 2. The molecule has 0 spiro atoms. The van der Waals surface area contributed by atoms with Gasteiger partial charge in [0, 0.05) is 31.9 Å². The van der Waals surface area contributed by atoms with Crippen LogP contribution in [0.5, 0.6) is 0 Å². The molecule has 0 radical (unpaired) electrons. The van der Waals surface area contributed by atoms with Crippen molar-refractivity contribution < 1.29 is 9.53 Å². The molecule has 1 saturated heterocycles. The highest BCUT2D eigenvalue weighted by atomic mass is 16.5. The molecule has 94 valence electrons. The lowest BCUT2D eigenvalue weighted by Gasteiger charge is -2.29. The van der Waals surface area contributed by atoms with Gasteiger partial charge in [-0.05, 0) is 6.92 Å². The van der Waals surface area contributed by atoms with Gasteiger partial charge < -0.3 is 10.1 Å². The van der Waals surface area contributed by atoms with Gasteiger partial charge >= 0.3 is 0 Å². The summed E-state index contributed by atoms with van der Waals surface area (Å²) < 4.78 is 5.28. The Balaban J connectivity index is 1.76. The van der Waals surface area contributed by atoms with Crippen LogP contribution < -0.4 is 5.32 Å². The molecule has 0 saturated carbocycles. The van der Waals surface area contributed by atoms with Crippen LogP contribution in [0.15, 0.2) is 12.4 Å². The fraction of sp³-hybridized carbons (Fsp3) is 0.636. The van der Waals surface area contributed by atoms with E-state index in [1.54, 1.807) is 6.20 Å². The summed E-state index contributed by atoms with van der Waals surface area (Å²) >= 11 is 0. The van der Waals surface area contributed by atoms with Crippen LogP contribution in [0.4, 0.5) is 0 Å². The maximum absolute atomic E-state index is 11.7. The Bertz CT molecular complexity index is 346. The molecule has 2 rings (SSSR count). The van der Waals surface area contributed by atoms with Crippen LogP contribution in [0, 0.1) is 0 Å². The minimum absolute atomic E-state index is 0.0838. The highest BCUT2D eigenvalue weighted by Gasteiger charge is 2.16. The van der Waals surface area contributed by atoms with Crippen molar-refractivity contribution in [2.45, 2.75) is 13.0 Å². The van der Waals surface area contributed by atoms with Crippen LogP contribution in [0.1, 0.15) is 17.3 Å². The Labute approximate surface area is 100 Å². The molecule has 0 aromatic carbocycles. The average molecular weight is 238 g/mol. The Morgan fingerprint density at radius 2 is 2.41 bits per heavy atom. The van der Waals surface area contributed by atoms with E-state index >= 15 is 0 Å². The molecule has 1 aliphatic rings. The summed E-state index contributed by atoms with van der Waals surface area (Å²) in [5, 5.41) is 9.33. The van der Waals surface area contributed by atoms with Gasteiger partial charge in [-0.3, -0.25) is 14.8 Å². The molecule has 1 amide bonds. The highest BCUT2D eigenvalue weighted by molar-refractivity contribution is 5.93. The number of ether oxygens (including phenoxy) is 1. The Hall–Kier alpha value is -1.40. The average Bonchev–Trinajstić information content (AvgIpc) is 2.83. The van der Waals surface area contributed by atoms with E-state index in [1.807, 2.05) is 6.92 Å². The van der Waals surface area contributed by atoms with E-state index in [0.717, 1.165) is 32.8 Å². The van der Waals surface area contributed by atoms with Crippen LogP contribution in [0.3, 0.4) is 0 Å². The summed E-state index contributed by atoms with van der Waals surface area (Å²) in [5.74, 6) is -0.0838. The number of nitrogens with zero attached hydrogens (tertiary/aromatic N) is 2. The number of H-pyrrole nitrogens is 1. The van der Waals surface area contributed by atoms with Gasteiger partial charge in [0.1, 0.15) is 0 Å². The minimum atomic E-state index is -0.0838. The largest absolute Gasteiger partial charge is 0.379 e.